The van der Waals surface area contributed by atoms with E-state index >= 15 is 0 Å². The molecular weight excluding hydrogens is 952 g/mol. The van der Waals surface area contributed by atoms with Crippen molar-refractivity contribution in [2.75, 3.05) is 40.9 Å². The van der Waals surface area contributed by atoms with Crippen molar-refractivity contribution in [1.29, 1.82) is 0 Å². The highest BCUT2D eigenvalue weighted by Gasteiger charge is 2.27. The molecule has 0 heterocycles. The Labute approximate surface area is 465 Å². The van der Waals surface area contributed by atoms with Crippen molar-refractivity contribution in [3.8, 4) is 0 Å². The molecule has 3 unspecified atom stereocenters. The molecule has 0 aliphatic heterocycles. The van der Waals surface area contributed by atoms with E-state index in [2.05, 4.69) is 62.5 Å². The summed E-state index contributed by atoms with van der Waals surface area (Å²) in [6.45, 7) is 6.80. The van der Waals surface area contributed by atoms with E-state index in [9.17, 15) is 19.0 Å². The standard InChI is InChI=1S/C65H123N2O7P/c1-7-10-13-16-19-22-25-27-28-29-30-31-32-33-34-35-36-37-38-40-43-45-48-51-54-57-64(68)66-62(61-73-75(70,71)72-60-59-67(4,5)6)63(56-53-50-47-44-42-39-26-23-20-17-14-11-8-2)74-65(69)58-55-52-49-46-41-24-21-18-15-12-9-3/h18-19,21-22,27-28,53,56,62-63H,7-17,20,23-26,29-52,54-55,57-61H2,1-6H3,(H-,66,68,70,71)/b21-18-,22-19-,28-27-,56-53+. The Kier molecular flexibility index (Phi) is 53.8. The van der Waals surface area contributed by atoms with Crippen molar-refractivity contribution in [2.45, 2.75) is 315 Å². The highest BCUT2D eigenvalue weighted by molar-refractivity contribution is 7.45. The summed E-state index contributed by atoms with van der Waals surface area (Å²) in [6, 6.07) is -0.889. The highest BCUT2D eigenvalue weighted by atomic mass is 31.2. The van der Waals surface area contributed by atoms with Crippen LogP contribution in [0.15, 0.2) is 48.6 Å². The number of unbranched alkanes of at least 4 members (excludes halogenated alkanes) is 36. The fourth-order valence-corrected chi connectivity index (χ4v) is 9.96. The molecule has 440 valence electrons. The molecule has 0 aliphatic carbocycles. The average Bonchev–Trinajstić information content (AvgIpc) is 3.37. The fraction of sp³-hybridized carbons (Fsp3) is 0.846. The van der Waals surface area contributed by atoms with Crippen molar-refractivity contribution in [3.63, 3.8) is 0 Å². The fourth-order valence-electron chi connectivity index (χ4n) is 9.24. The molecule has 0 aromatic rings. The summed E-state index contributed by atoms with van der Waals surface area (Å²) in [5.74, 6) is -0.543. The van der Waals surface area contributed by atoms with Gasteiger partial charge < -0.3 is 28.5 Å². The Bertz CT molecular complexity index is 1420. The van der Waals surface area contributed by atoms with E-state index in [0.29, 0.717) is 17.4 Å². The van der Waals surface area contributed by atoms with Crippen molar-refractivity contribution >= 4 is 19.7 Å². The van der Waals surface area contributed by atoms with E-state index in [4.69, 9.17) is 13.8 Å². The van der Waals surface area contributed by atoms with E-state index < -0.39 is 20.0 Å². The molecule has 1 N–H and O–H groups in total. The Morgan fingerprint density at radius 1 is 0.467 bits per heavy atom. The van der Waals surface area contributed by atoms with Crippen LogP contribution in [0, 0.1) is 0 Å². The van der Waals surface area contributed by atoms with Crippen LogP contribution in [-0.2, 0) is 27.9 Å². The van der Waals surface area contributed by atoms with Crippen LogP contribution in [0.3, 0.4) is 0 Å². The van der Waals surface area contributed by atoms with Crippen molar-refractivity contribution in [3.05, 3.63) is 48.6 Å². The molecule has 0 aromatic carbocycles. The lowest BCUT2D eigenvalue weighted by molar-refractivity contribution is -0.870. The monoisotopic (exact) mass is 1070 g/mol. The zero-order chi connectivity index (χ0) is 55.0. The number of amides is 1. The van der Waals surface area contributed by atoms with Gasteiger partial charge in [0, 0.05) is 12.8 Å². The van der Waals surface area contributed by atoms with E-state index in [1.807, 2.05) is 33.3 Å². The van der Waals surface area contributed by atoms with E-state index in [-0.39, 0.29) is 31.5 Å². The number of carbonyl (C=O) groups excluding carboxylic acids is 2. The molecule has 0 saturated carbocycles. The Morgan fingerprint density at radius 3 is 1.28 bits per heavy atom. The molecule has 0 rings (SSSR count). The molecule has 1 amide bonds. The van der Waals surface area contributed by atoms with Gasteiger partial charge in [-0.2, -0.15) is 0 Å². The number of rotatable bonds is 58. The van der Waals surface area contributed by atoms with E-state index in [1.165, 1.54) is 180 Å². The zero-order valence-electron chi connectivity index (χ0n) is 50.3. The number of allylic oxidation sites excluding steroid dienone is 7. The predicted octanol–water partition coefficient (Wildman–Crippen LogP) is 19.0. The predicted molar refractivity (Wildman–Crippen MR) is 321 cm³/mol. The van der Waals surface area contributed by atoms with Gasteiger partial charge in [-0.1, -0.05) is 256 Å². The van der Waals surface area contributed by atoms with Gasteiger partial charge >= 0.3 is 5.97 Å². The number of hydrogen-bond acceptors (Lipinski definition) is 7. The van der Waals surface area contributed by atoms with Gasteiger partial charge in [0.2, 0.25) is 5.91 Å². The number of phosphoric ester groups is 1. The van der Waals surface area contributed by atoms with Crippen LogP contribution in [-0.4, -0.2) is 69.4 Å². The van der Waals surface area contributed by atoms with E-state index in [0.717, 1.165) is 89.9 Å². The summed E-state index contributed by atoms with van der Waals surface area (Å²) in [5, 5.41) is 3.03. The van der Waals surface area contributed by atoms with Crippen molar-refractivity contribution in [1.82, 2.24) is 5.32 Å². The molecule has 0 spiro atoms. The van der Waals surface area contributed by atoms with Gasteiger partial charge in [-0.3, -0.25) is 14.2 Å². The first-order valence-electron chi connectivity index (χ1n) is 31.9. The highest BCUT2D eigenvalue weighted by Crippen LogP contribution is 2.38. The van der Waals surface area contributed by atoms with Gasteiger partial charge in [0.25, 0.3) is 7.82 Å². The van der Waals surface area contributed by atoms with Crippen LogP contribution in [0.25, 0.3) is 0 Å². The molecular formula is C65H123N2O7P. The second-order valence-corrected chi connectivity index (χ2v) is 24.3. The van der Waals surface area contributed by atoms with Gasteiger partial charge in [-0.15, -0.1) is 0 Å². The Hall–Kier alpha value is -2.03. The molecule has 0 radical (unpaired) electrons. The number of ether oxygens (including phenoxy) is 1. The third-order valence-corrected chi connectivity index (χ3v) is 15.2. The molecule has 9 nitrogen and oxygen atoms in total. The second-order valence-electron chi connectivity index (χ2n) is 22.9. The van der Waals surface area contributed by atoms with Crippen LogP contribution >= 0.6 is 7.82 Å². The molecule has 0 saturated heterocycles. The summed E-state index contributed by atoms with van der Waals surface area (Å²) < 4.78 is 30.3. The maximum absolute atomic E-state index is 13.5. The van der Waals surface area contributed by atoms with Gasteiger partial charge in [0.15, 0.2) is 0 Å². The zero-order valence-corrected chi connectivity index (χ0v) is 51.2. The number of hydrogen-bond donors (Lipinski definition) is 1. The normalized spacial score (nSPS) is 14.0. The first-order chi connectivity index (χ1) is 36.4. The Balaban J connectivity index is 5.06. The van der Waals surface area contributed by atoms with Crippen LogP contribution < -0.4 is 10.2 Å². The number of likely N-dealkylation sites (N-methyl/N-ethyl adjacent to an activating group) is 1. The molecule has 0 aliphatic rings. The minimum Gasteiger partial charge on any atom is -0.756 e. The number of quaternary nitrogens is 1. The van der Waals surface area contributed by atoms with E-state index in [1.54, 1.807) is 0 Å². The smallest absolute Gasteiger partial charge is 0.306 e. The lowest BCUT2D eigenvalue weighted by Gasteiger charge is -2.30. The van der Waals surface area contributed by atoms with Crippen LogP contribution in [0.2, 0.25) is 0 Å². The summed E-state index contributed by atoms with van der Waals surface area (Å²) >= 11 is 0. The van der Waals surface area contributed by atoms with Crippen LogP contribution in [0.5, 0.6) is 0 Å². The molecule has 3 atom stereocenters. The number of carbonyl (C=O) groups is 2. The Morgan fingerprint density at radius 2 is 0.827 bits per heavy atom. The summed E-state index contributed by atoms with van der Waals surface area (Å²) in [7, 11) is 1.19. The van der Waals surface area contributed by atoms with Gasteiger partial charge in [-0.05, 0) is 83.1 Å². The van der Waals surface area contributed by atoms with Crippen molar-refractivity contribution in [2.24, 2.45) is 0 Å². The molecule has 10 heteroatoms. The summed E-state index contributed by atoms with van der Waals surface area (Å²) in [5.41, 5.74) is 0. The topological polar surface area (TPSA) is 114 Å². The van der Waals surface area contributed by atoms with Crippen LogP contribution in [0.4, 0.5) is 0 Å². The number of esters is 1. The van der Waals surface area contributed by atoms with Gasteiger partial charge in [-0.25, -0.2) is 0 Å². The minimum absolute atomic E-state index is 0.0226. The van der Waals surface area contributed by atoms with Gasteiger partial charge in [0.1, 0.15) is 19.3 Å². The average molecular weight is 1080 g/mol. The minimum atomic E-state index is -4.70. The third-order valence-electron chi connectivity index (χ3n) is 14.2. The van der Waals surface area contributed by atoms with Gasteiger partial charge in [0.05, 0.1) is 33.8 Å². The number of nitrogens with zero attached hydrogens (tertiary/aromatic N) is 1. The SMILES string of the molecule is CCCC/C=C\CCCCCCCC(=O)OC(/C=C/CCCCCCCCCCCCC)C(COP(=O)([O-])OCC[N+](C)(C)C)NC(=O)CCCCCCCCCCCCCCCCC/C=C\C/C=C\CCCCC. The lowest BCUT2D eigenvalue weighted by Crippen LogP contribution is -2.47. The quantitative estimate of drug-likeness (QED) is 0.0212. The molecule has 75 heavy (non-hydrogen) atoms. The summed E-state index contributed by atoms with van der Waals surface area (Å²) in [6.07, 6.45) is 68.0. The number of phosphoric acid groups is 1. The first kappa shape index (κ1) is 73.0. The maximum atomic E-state index is 13.5. The third kappa shape index (κ3) is 56.5. The summed E-state index contributed by atoms with van der Waals surface area (Å²) in [4.78, 5) is 39.9. The largest absolute Gasteiger partial charge is 0.756 e. The van der Waals surface area contributed by atoms with Crippen molar-refractivity contribution < 1.29 is 37.3 Å². The lowest BCUT2D eigenvalue weighted by atomic mass is 10.0. The second kappa shape index (κ2) is 55.3. The molecule has 0 fully saturated rings. The van der Waals surface area contributed by atoms with Crippen LogP contribution in [0.1, 0.15) is 303 Å². The molecule has 0 aromatic heterocycles. The maximum Gasteiger partial charge on any atom is 0.306 e. The molecule has 0 bridgehead atoms. The first-order valence-corrected chi connectivity index (χ1v) is 33.4. The number of nitrogens with one attached hydrogen (secondary N) is 1.